The second kappa shape index (κ2) is 6.38. The second-order valence-electron chi connectivity index (χ2n) is 4.31. The fraction of sp³-hybridized carbons (Fsp3) is 0.400. The first-order chi connectivity index (χ1) is 9.24. The van der Waals surface area contributed by atoms with Gasteiger partial charge in [-0.3, -0.25) is 0 Å². The molecule has 0 spiro atoms. The summed E-state index contributed by atoms with van der Waals surface area (Å²) >= 11 is 0. The number of epoxide rings is 1. The molecule has 1 aromatic rings. The number of ether oxygens (including phenoxy) is 3. The molecule has 0 N–H and O–H groups in total. The van der Waals surface area contributed by atoms with E-state index < -0.39 is 0 Å². The van der Waals surface area contributed by atoms with Crippen LogP contribution < -0.4 is 4.74 Å². The molecule has 0 amide bonds. The van der Waals surface area contributed by atoms with E-state index in [9.17, 15) is 4.79 Å². The molecule has 1 unspecified atom stereocenters. The standard InChI is InChI=1S/C15H18O4/c1-3-11(8-15(16)17-2)13-6-4-5-7-14(13)19-10-12-9-18-12/h4-8,12H,3,9-10H2,1-2H3/b11-8+. The first kappa shape index (κ1) is 13.6. The summed E-state index contributed by atoms with van der Waals surface area (Å²) in [6.45, 7) is 3.31. The van der Waals surface area contributed by atoms with Crippen molar-refractivity contribution in [3.63, 3.8) is 0 Å². The molecule has 1 aromatic carbocycles. The number of hydrogen-bond donors (Lipinski definition) is 0. The normalized spacial score (nSPS) is 18.0. The molecule has 4 heteroatoms. The number of carbonyl (C=O) groups is 1. The van der Waals surface area contributed by atoms with Gasteiger partial charge in [-0.05, 0) is 18.1 Å². The molecular weight excluding hydrogens is 244 g/mol. The minimum atomic E-state index is -0.350. The highest BCUT2D eigenvalue weighted by molar-refractivity contribution is 5.92. The van der Waals surface area contributed by atoms with Crippen LogP contribution in [0.25, 0.3) is 5.57 Å². The number of rotatable bonds is 6. The van der Waals surface area contributed by atoms with Crippen molar-refractivity contribution in [1.82, 2.24) is 0 Å². The number of para-hydroxylation sites is 1. The Morgan fingerprint density at radius 2 is 2.21 bits per heavy atom. The van der Waals surface area contributed by atoms with E-state index in [1.54, 1.807) is 0 Å². The molecule has 102 valence electrons. The Kier molecular flexibility index (Phi) is 4.58. The van der Waals surface area contributed by atoms with Crippen molar-refractivity contribution in [3.8, 4) is 5.75 Å². The first-order valence-corrected chi connectivity index (χ1v) is 6.37. The lowest BCUT2D eigenvalue weighted by Crippen LogP contribution is -2.06. The van der Waals surface area contributed by atoms with Crippen LogP contribution in [0.15, 0.2) is 30.3 Å². The molecule has 1 fully saturated rings. The lowest BCUT2D eigenvalue weighted by atomic mass is 10.0. The maximum atomic E-state index is 11.4. The minimum absolute atomic E-state index is 0.211. The molecule has 1 atom stereocenters. The van der Waals surface area contributed by atoms with Gasteiger partial charge >= 0.3 is 5.97 Å². The average molecular weight is 262 g/mol. The van der Waals surface area contributed by atoms with E-state index in [2.05, 4.69) is 4.74 Å². The van der Waals surface area contributed by atoms with Crippen molar-refractivity contribution in [2.45, 2.75) is 19.4 Å². The summed E-state index contributed by atoms with van der Waals surface area (Å²) in [4.78, 5) is 11.4. The van der Waals surface area contributed by atoms with Crippen LogP contribution in [0.3, 0.4) is 0 Å². The van der Waals surface area contributed by atoms with Crippen molar-refractivity contribution in [3.05, 3.63) is 35.9 Å². The van der Waals surface area contributed by atoms with Crippen LogP contribution in [0.2, 0.25) is 0 Å². The Labute approximate surface area is 113 Å². The van der Waals surface area contributed by atoms with Crippen LogP contribution in [0, 0.1) is 0 Å². The maximum absolute atomic E-state index is 11.4. The van der Waals surface area contributed by atoms with Gasteiger partial charge in [-0.25, -0.2) is 4.79 Å². The maximum Gasteiger partial charge on any atom is 0.330 e. The molecule has 1 aliphatic heterocycles. The van der Waals surface area contributed by atoms with E-state index in [0.29, 0.717) is 6.61 Å². The molecule has 1 heterocycles. The van der Waals surface area contributed by atoms with E-state index in [4.69, 9.17) is 9.47 Å². The van der Waals surface area contributed by atoms with Gasteiger partial charge in [-0.1, -0.05) is 25.1 Å². The van der Waals surface area contributed by atoms with Gasteiger partial charge in [0.25, 0.3) is 0 Å². The molecule has 1 saturated heterocycles. The number of esters is 1. The predicted molar refractivity (Wildman–Crippen MR) is 72.0 cm³/mol. The largest absolute Gasteiger partial charge is 0.490 e. The number of allylic oxidation sites excluding steroid dienone is 1. The smallest absolute Gasteiger partial charge is 0.330 e. The highest BCUT2D eigenvalue weighted by atomic mass is 16.6. The summed E-state index contributed by atoms with van der Waals surface area (Å²) in [6.07, 6.45) is 2.45. The van der Waals surface area contributed by atoms with Crippen LogP contribution >= 0.6 is 0 Å². The second-order valence-corrected chi connectivity index (χ2v) is 4.31. The molecular formula is C15H18O4. The van der Waals surface area contributed by atoms with Gasteiger partial charge < -0.3 is 14.2 Å². The average Bonchev–Trinajstić information content (AvgIpc) is 3.27. The topological polar surface area (TPSA) is 48.1 Å². The third-order valence-corrected chi connectivity index (χ3v) is 2.93. The van der Waals surface area contributed by atoms with Crippen molar-refractivity contribution in [2.75, 3.05) is 20.3 Å². The van der Waals surface area contributed by atoms with Gasteiger partial charge in [0, 0.05) is 11.6 Å². The molecule has 0 bridgehead atoms. The summed E-state index contributed by atoms with van der Waals surface area (Å²) in [6, 6.07) is 7.69. The Balaban J connectivity index is 2.20. The predicted octanol–water partition coefficient (Wildman–Crippen LogP) is 2.43. The first-order valence-electron chi connectivity index (χ1n) is 6.37. The van der Waals surface area contributed by atoms with E-state index in [1.807, 2.05) is 31.2 Å². The number of benzene rings is 1. The quantitative estimate of drug-likeness (QED) is 0.449. The van der Waals surface area contributed by atoms with Crippen LogP contribution in [0.4, 0.5) is 0 Å². The number of hydrogen-bond acceptors (Lipinski definition) is 4. The molecule has 1 aliphatic rings. The van der Waals surface area contributed by atoms with Gasteiger partial charge in [0.2, 0.25) is 0 Å². The molecule has 0 radical (unpaired) electrons. The summed E-state index contributed by atoms with van der Waals surface area (Å²) < 4.78 is 15.5. The van der Waals surface area contributed by atoms with E-state index in [-0.39, 0.29) is 12.1 Å². The summed E-state index contributed by atoms with van der Waals surface area (Å²) in [5.41, 5.74) is 1.83. The monoisotopic (exact) mass is 262 g/mol. The fourth-order valence-corrected chi connectivity index (χ4v) is 1.78. The summed E-state index contributed by atoms with van der Waals surface area (Å²) in [5.74, 6) is 0.423. The Hall–Kier alpha value is -1.81. The highest BCUT2D eigenvalue weighted by Crippen LogP contribution is 2.28. The fourth-order valence-electron chi connectivity index (χ4n) is 1.78. The van der Waals surface area contributed by atoms with E-state index in [1.165, 1.54) is 13.2 Å². The van der Waals surface area contributed by atoms with Crippen molar-refractivity contribution < 1.29 is 19.0 Å². The zero-order valence-electron chi connectivity index (χ0n) is 11.2. The van der Waals surface area contributed by atoms with Crippen molar-refractivity contribution >= 4 is 11.5 Å². The minimum Gasteiger partial charge on any atom is -0.490 e. The van der Waals surface area contributed by atoms with Gasteiger partial charge in [0.05, 0.1) is 13.7 Å². The van der Waals surface area contributed by atoms with E-state index >= 15 is 0 Å². The van der Waals surface area contributed by atoms with Crippen LogP contribution in [-0.2, 0) is 14.3 Å². The molecule has 4 nitrogen and oxygen atoms in total. The third-order valence-electron chi connectivity index (χ3n) is 2.93. The molecule has 0 saturated carbocycles. The SMILES string of the molecule is CC/C(=C\C(=O)OC)c1ccccc1OCC1CO1. The molecule has 2 rings (SSSR count). The van der Waals surface area contributed by atoms with Crippen LogP contribution in [-0.4, -0.2) is 32.4 Å². The zero-order chi connectivity index (χ0) is 13.7. The third kappa shape index (κ3) is 3.83. The summed E-state index contributed by atoms with van der Waals surface area (Å²) in [5, 5.41) is 0. The molecule has 0 aromatic heterocycles. The highest BCUT2D eigenvalue weighted by Gasteiger charge is 2.23. The molecule has 0 aliphatic carbocycles. The number of methoxy groups -OCH3 is 1. The van der Waals surface area contributed by atoms with Crippen molar-refractivity contribution in [1.29, 1.82) is 0 Å². The summed E-state index contributed by atoms with van der Waals surface area (Å²) in [7, 11) is 1.37. The lowest BCUT2D eigenvalue weighted by Gasteiger charge is -2.12. The van der Waals surface area contributed by atoms with Crippen LogP contribution in [0.5, 0.6) is 5.75 Å². The van der Waals surface area contributed by atoms with Gasteiger partial charge in [-0.2, -0.15) is 0 Å². The van der Waals surface area contributed by atoms with Gasteiger partial charge in [0.1, 0.15) is 18.5 Å². The van der Waals surface area contributed by atoms with Crippen molar-refractivity contribution in [2.24, 2.45) is 0 Å². The van der Waals surface area contributed by atoms with Gasteiger partial charge in [-0.15, -0.1) is 0 Å². The Bertz CT molecular complexity index is 475. The van der Waals surface area contributed by atoms with Crippen LogP contribution in [0.1, 0.15) is 18.9 Å². The molecule has 19 heavy (non-hydrogen) atoms. The Morgan fingerprint density at radius 3 is 2.84 bits per heavy atom. The zero-order valence-corrected chi connectivity index (χ0v) is 11.2. The van der Waals surface area contributed by atoms with E-state index in [0.717, 1.165) is 29.9 Å². The lowest BCUT2D eigenvalue weighted by molar-refractivity contribution is -0.134. The Morgan fingerprint density at radius 1 is 1.47 bits per heavy atom. The van der Waals surface area contributed by atoms with Gasteiger partial charge in [0.15, 0.2) is 0 Å². The number of carbonyl (C=O) groups excluding carboxylic acids is 1.